The number of aliphatic hydroxyl groups is 3. The number of esters is 2. The van der Waals surface area contributed by atoms with Crippen molar-refractivity contribution in [3.63, 3.8) is 0 Å². The highest BCUT2D eigenvalue weighted by Gasteiger charge is 2.46. The average molecular weight is 1020 g/mol. The summed E-state index contributed by atoms with van der Waals surface area (Å²) in [4.78, 5) is 61.8. The highest BCUT2D eigenvalue weighted by molar-refractivity contribution is 7.61. The minimum atomic E-state index is -5.45. The molecule has 0 aliphatic carbocycles. The van der Waals surface area contributed by atoms with E-state index >= 15 is 0 Å². The van der Waals surface area contributed by atoms with Crippen molar-refractivity contribution in [3.05, 3.63) is 71.4 Å². The van der Waals surface area contributed by atoms with Crippen LogP contribution in [0.15, 0.2) is 65.7 Å². The van der Waals surface area contributed by atoms with Crippen LogP contribution >= 0.6 is 15.6 Å². The second-order valence-electron chi connectivity index (χ2n) is 17.1. The lowest BCUT2D eigenvalue weighted by Gasteiger charge is -2.21. The Balaban J connectivity index is 1.84. The molecule has 0 spiro atoms. The lowest BCUT2D eigenvalue weighted by Crippen LogP contribution is -2.36. The van der Waals surface area contributed by atoms with Gasteiger partial charge in [0.05, 0.1) is 19.3 Å². The standard InChI is InChI=1S/C48H81N3O16P2/c1-3-5-7-9-11-12-13-14-15-16-17-18-20-24-28-32-43(53)62-36-40(65-44(54)33-29-25-21-23-27-31-39(52)30-26-22-19-10-8-6-4-2)37-63-68(58,59)67-69(60,61)64-38-41-45(55)46(56)47(66-41)51-35-34-42(49)50-48(51)57/h6,8,14-15,19,22,26,30,34-35,39-41,45-47,52,55-56H,3-5,7,9-13,16-18,20-21,23-25,27-29,31-33,36-38H2,1-2H3,(H,58,59)(H,60,61)(H2,49,50,57)/b8-6+,15-14-,22-19+,30-26+/t39?,40-,41-,45-,46-,47-/m1/s1. The molecule has 21 heteroatoms. The molecule has 1 aliphatic rings. The summed E-state index contributed by atoms with van der Waals surface area (Å²) in [6, 6.07) is 1.24. The number of phosphoric acid groups is 2. The Morgan fingerprint density at radius 1 is 0.783 bits per heavy atom. The van der Waals surface area contributed by atoms with Gasteiger partial charge in [-0.3, -0.25) is 23.2 Å². The van der Waals surface area contributed by atoms with Gasteiger partial charge in [0.2, 0.25) is 0 Å². The molecule has 1 saturated heterocycles. The zero-order valence-corrected chi connectivity index (χ0v) is 42.5. The van der Waals surface area contributed by atoms with E-state index < -0.39 is 89.8 Å². The fourth-order valence-electron chi connectivity index (χ4n) is 7.14. The number of nitrogen functional groups attached to an aromatic ring is 1. The lowest BCUT2D eigenvalue weighted by molar-refractivity contribution is -0.161. The molecule has 19 nitrogen and oxygen atoms in total. The topological polar surface area (TPSA) is 286 Å². The van der Waals surface area contributed by atoms with Crippen molar-refractivity contribution in [1.29, 1.82) is 0 Å². The Labute approximate surface area is 408 Å². The van der Waals surface area contributed by atoms with Crippen molar-refractivity contribution in [2.24, 2.45) is 0 Å². The molecule has 2 rings (SSSR count). The largest absolute Gasteiger partial charge is 0.481 e. The molecule has 1 aliphatic heterocycles. The summed E-state index contributed by atoms with van der Waals surface area (Å²) in [7, 11) is -10.9. The van der Waals surface area contributed by atoms with Crippen molar-refractivity contribution >= 4 is 33.4 Å². The van der Waals surface area contributed by atoms with E-state index in [1.165, 1.54) is 44.6 Å². The van der Waals surface area contributed by atoms with Gasteiger partial charge in [0.25, 0.3) is 0 Å². The number of ether oxygens (including phenoxy) is 3. The molecule has 0 saturated carbocycles. The van der Waals surface area contributed by atoms with Crippen LogP contribution in [-0.2, 0) is 46.3 Å². The number of aromatic nitrogens is 2. The summed E-state index contributed by atoms with van der Waals surface area (Å²) in [5, 5.41) is 31.1. The van der Waals surface area contributed by atoms with Crippen LogP contribution < -0.4 is 11.4 Å². The Kier molecular flexibility index (Phi) is 32.8. The Bertz CT molecular complexity index is 1860. The smallest absolute Gasteiger partial charge is 0.462 e. The molecule has 0 amide bonds. The molecule has 0 aromatic carbocycles. The third-order valence-electron chi connectivity index (χ3n) is 11.0. The average Bonchev–Trinajstić information content (AvgIpc) is 3.58. The predicted octanol–water partition coefficient (Wildman–Crippen LogP) is 8.75. The van der Waals surface area contributed by atoms with Crippen molar-refractivity contribution in [2.45, 2.75) is 198 Å². The third kappa shape index (κ3) is 29.6. The molecule has 2 heterocycles. The number of unbranched alkanes of at least 4 members (excludes halogenated alkanes) is 15. The van der Waals surface area contributed by atoms with Gasteiger partial charge >= 0.3 is 33.3 Å². The maximum Gasteiger partial charge on any atom is 0.481 e. The predicted molar refractivity (Wildman–Crippen MR) is 262 cm³/mol. The molecule has 7 N–H and O–H groups in total. The van der Waals surface area contributed by atoms with E-state index in [1.54, 1.807) is 6.08 Å². The van der Waals surface area contributed by atoms with E-state index in [9.17, 15) is 48.6 Å². The maximum atomic E-state index is 12.8. The maximum absolute atomic E-state index is 12.8. The van der Waals surface area contributed by atoms with Crippen LogP contribution in [0.5, 0.6) is 0 Å². The normalized spacial score (nSPS) is 20.2. The van der Waals surface area contributed by atoms with Crippen LogP contribution in [0.25, 0.3) is 0 Å². The molecule has 0 radical (unpaired) electrons. The van der Waals surface area contributed by atoms with Gasteiger partial charge in [-0.15, -0.1) is 0 Å². The number of anilines is 1. The van der Waals surface area contributed by atoms with Crippen molar-refractivity contribution in [1.82, 2.24) is 9.55 Å². The van der Waals surface area contributed by atoms with Gasteiger partial charge in [-0.1, -0.05) is 140 Å². The third-order valence-corrected chi connectivity index (χ3v) is 13.6. The van der Waals surface area contributed by atoms with Crippen molar-refractivity contribution < 1.29 is 71.4 Å². The minimum Gasteiger partial charge on any atom is -0.462 e. The van der Waals surface area contributed by atoms with E-state index in [1.807, 2.05) is 18.2 Å². The zero-order valence-electron chi connectivity index (χ0n) is 40.7. The number of aliphatic hydroxyl groups excluding tert-OH is 3. The van der Waals surface area contributed by atoms with Gasteiger partial charge in [-0.05, 0) is 63.9 Å². The quantitative estimate of drug-likeness (QED) is 0.0118. The molecule has 0 bridgehead atoms. The highest BCUT2D eigenvalue weighted by Crippen LogP contribution is 2.60. The number of hydrogen-bond acceptors (Lipinski definition) is 16. The first-order valence-electron chi connectivity index (χ1n) is 24.8. The number of nitrogens with two attached hydrogens (primary N) is 1. The van der Waals surface area contributed by atoms with E-state index in [4.69, 9.17) is 29.0 Å². The van der Waals surface area contributed by atoms with Crippen LogP contribution in [0.4, 0.5) is 5.82 Å². The molecule has 8 atom stereocenters. The van der Waals surface area contributed by atoms with E-state index in [0.29, 0.717) is 25.7 Å². The van der Waals surface area contributed by atoms with E-state index in [0.717, 1.165) is 81.4 Å². The van der Waals surface area contributed by atoms with Gasteiger partial charge in [0.15, 0.2) is 12.3 Å². The first-order valence-corrected chi connectivity index (χ1v) is 27.7. The van der Waals surface area contributed by atoms with Gasteiger partial charge in [0, 0.05) is 19.0 Å². The first kappa shape index (κ1) is 61.8. The number of hydrogen-bond donors (Lipinski definition) is 6. The Morgan fingerprint density at radius 3 is 2.04 bits per heavy atom. The zero-order chi connectivity index (χ0) is 50.8. The summed E-state index contributed by atoms with van der Waals surface area (Å²) >= 11 is 0. The fourth-order valence-corrected chi connectivity index (χ4v) is 9.25. The molecule has 69 heavy (non-hydrogen) atoms. The van der Waals surface area contributed by atoms with Crippen LogP contribution in [0.3, 0.4) is 0 Å². The summed E-state index contributed by atoms with van der Waals surface area (Å²) in [6.45, 7) is 1.91. The number of nitrogens with zero attached hydrogens (tertiary/aromatic N) is 2. The molecule has 394 valence electrons. The Morgan fingerprint density at radius 2 is 1.39 bits per heavy atom. The summed E-state index contributed by atoms with van der Waals surface area (Å²) in [5.41, 5.74) is 4.57. The van der Waals surface area contributed by atoms with Gasteiger partial charge in [0.1, 0.15) is 30.7 Å². The molecular weight excluding hydrogens is 936 g/mol. The monoisotopic (exact) mass is 1020 g/mol. The molecule has 1 fully saturated rings. The van der Waals surface area contributed by atoms with Gasteiger partial charge in [-0.25, -0.2) is 13.9 Å². The SMILES string of the molecule is CC/C=C/C/C=C/C=C/C(O)CCCCCCCC(=O)O[C@H](COC(=O)CCCCCCC/C=C\CCCCCCCC)COP(=O)(O)OP(=O)(O)OC[C@H]1O[C@@H](n2ccc(N)nc2=O)[C@H](O)[C@@H]1O. The van der Waals surface area contributed by atoms with Crippen LogP contribution in [-0.4, -0.2) is 96.9 Å². The molecule has 1 aromatic heterocycles. The molecule has 1 aromatic rings. The lowest BCUT2D eigenvalue weighted by atomic mass is 10.1. The second kappa shape index (κ2) is 36.6. The van der Waals surface area contributed by atoms with Crippen LogP contribution in [0.1, 0.15) is 168 Å². The minimum absolute atomic E-state index is 0.0222. The molecular formula is C48H81N3O16P2. The number of carbonyl (C=O) groups excluding carboxylic acids is 2. The number of carbonyl (C=O) groups is 2. The van der Waals surface area contributed by atoms with Crippen molar-refractivity contribution in [3.8, 4) is 0 Å². The number of rotatable bonds is 40. The van der Waals surface area contributed by atoms with E-state index in [-0.39, 0.29) is 18.7 Å². The number of phosphoric ester groups is 2. The summed E-state index contributed by atoms with van der Waals surface area (Å²) < 4.78 is 56.6. The summed E-state index contributed by atoms with van der Waals surface area (Å²) in [6.07, 6.45) is 29.2. The second-order valence-corrected chi connectivity index (χ2v) is 20.2. The first-order chi connectivity index (χ1) is 33.1. The van der Waals surface area contributed by atoms with Crippen molar-refractivity contribution in [2.75, 3.05) is 25.6 Å². The van der Waals surface area contributed by atoms with Crippen LogP contribution in [0, 0.1) is 0 Å². The molecule has 3 unspecified atom stereocenters. The fraction of sp³-hybridized carbons (Fsp3) is 0.708. The summed E-state index contributed by atoms with van der Waals surface area (Å²) in [5.74, 6) is -1.39. The van der Waals surface area contributed by atoms with Gasteiger partial charge < -0.3 is 45.1 Å². The highest BCUT2D eigenvalue weighted by atomic mass is 31.3. The van der Waals surface area contributed by atoms with E-state index in [2.05, 4.69) is 47.4 Å². The number of allylic oxidation sites excluding steroid dienone is 7. The Hall–Kier alpha value is -3.32. The van der Waals surface area contributed by atoms with Gasteiger partial charge in [-0.2, -0.15) is 9.29 Å². The van der Waals surface area contributed by atoms with Crippen LogP contribution in [0.2, 0.25) is 0 Å².